The largest absolute Gasteiger partial charge is 0.482 e. The molecule has 1 nitrogen and oxygen atoms in total. The van der Waals surface area contributed by atoms with Gasteiger partial charge in [-0.25, -0.2) is 0 Å². The standard InChI is InChI=1S/C25H25OS2/c1-24(2,3)17-14-16(15-18-23(17)26-25(18,4)5)28-21-12-8-6-10-19(21)27-20-11-7-9-13-22(20)28/h6-15H,1-5H3/q+1. The number of hydrogen-bond acceptors (Lipinski definition) is 2. The maximum Gasteiger partial charge on any atom is 0.180 e. The number of benzene rings is 3. The SMILES string of the molecule is CC(C)(C)c1cc([S+]2c3ccccc3Sc3ccccc32)cc2c1OC2(C)C. The molecule has 3 aromatic rings. The molecule has 2 aliphatic heterocycles. The van der Waals surface area contributed by atoms with Crippen LogP contribution >= 0.6 is 11.8 Å². The van der Waals surface area contributed by atoms with Crippen molar-refractivity contribution in [2.24, 2.45) is 0 Å². The Kier molecular flexibility index (Phi) is 3.95. The molecule has 0 amide bonds. The van der Waals surface area contributed by atoms with Crippen LogP contribution in [0, 0.1) is 0 Å². The van der Waals surface area contributed by atoms with Crippen LogP contribution in [-0.4, -0.2) is 0 Å². The van der Waals surface area contributed by atoms with Crippen LogP contribution in [0.5, 0.6) is 5.75 Å². The molecule has 0 aliphatic carbocycles. The van der Waals surface area contributed by atoms with E-state index in [-0.39, 0.29) is 21.9 Å². The number of hydrogen-bond donors (Lipinski definition) is 0. The smallest absolute Gasteiger partial charge is 0.180 e. The third-order valence-corrected chi connectivity index (χ3v) is 9.18. The summed E-state index contributed by atoms with van der Waals surface area (Å²) in [5.41, 5.74) is 2.50. The van der Waals surface area contributed by atoms with Crippen LogP contribution in [-0.2, 0) is 21.9 Å². The Balaban J connectivity index is 1.78. The van der Waals surface area contributed by atoms with Crippen LogP contribution in [0.3, 0.4) is 0 Å². The van der Waals surface area contributed by atoms with E-state index in [0.29, 0.717) is 0 Å². The topological polar surface area (TPSA) is 9.23 Å². The molecule has 5 rings (SSSR count). The molecule has 0 spiro atoms. The molecule has 0 bridgehead atoms. The second-order valence-corrected chi connectivity index (χ2v) is 12.1. The van der Waals surface area contributed by atoms with Crippen LogP contribution in [0.15, 0.2) is 85.1 Å². The van der Waals surface area contributed by atoms with Gasteiger partial charge < -0.3 is 4.74 Å². The van der Waals surface area contributed by atoms with Crippen molar-refractivity contribution in [2.45, 2.75) is 70.1 Å². The van der Waals surface area contributed by atoms with Crippen molar-refractivity contribution in [3.05, 3.63) is 71.8 Å². The average Bonchev–Trinajstić information content (AvgIpc) is 2.64. The zero-order chi connectivity index (χ0) is 19.7. The molecule has 2 aliphatic rings. The maximum atomic E-state index is 6.21. The molecule has 0 N–H and O–H groups in total. The quantitative estimate of drug-likeness (QED) is 0.310. The van der Waals surface area contributed by atoms with Gasteiger partial charge in [-0.2, -0.15) is 0 Å². The summed E-state index contributed by atoms with van der Waals surface area (Å²) in [7, 11) is -0.0973. The molecule has 0 atom stereocenters. The highest BCUT2D eigenvalue weighted by molar-refractivity contribution is 8.04. The van der Waals surface area contributed by atoms with Crippen molar-refractivity contribution < 1.29 is 4.74 Å². The van der Waals surface area contributed by atoms with Crippen LogP contribution in [0.25, 0.3) is 0 Å². The zero-order valence-corrected chi connectivity index (χ0v) is 18.6. The van der Waals surface area contributed by atoms with Crippen molar-refractivity contribution in [1.29, 1.82) is 0 Å². The highest BCUT2D eigenvalue weighted by Gasteiger charge is 2.45. The molecule has 3 heteroatoms. The summed E-state index contributed by atoms with van der Waals surface area (Å²) in [5.74, 6) is 1.10. The Bertz CT molecular complexity index is 1050. The molecule has 2 heterocycles. The lowest BCUT2D eigenvalue weighted by molar-refractivity contribution is 0.0479. The van der Waals surface area contributed by atoms with Crippen molar-refractivity contribution in [1.82, 2.24) is 0 Å². The first-order valence-corrected chi connectivity index (χ1v) is 11.8. The number of fused-ring (bicyclic) bond motifs is 3. The lowest BCUT2D eigenvalue weighted by Crippen LogP contribution is -2.37. The van der Waals surface area contributed by atoms with Gasteiger partial charge in [0.2, 0.25) is 0 Å². The van der Waals surface area contributed by atoms with Gasteiger partial charge in [0.25, 0.3) is 0 Å². The van der Waals surface area contributed by atoms with Gasteiger partial charge in [-0.3, -0.25) is 0 Å². The van der Waals surface area contributed by atoms with E-state index in [0.717, 1.165) is 5.75 Å². The number of ether oxygens (including phenoxy) is 1. The fraction of sp³-hybridized carbons (Fsp3) is 0.280. The molecule has 0 fully saturated rings. The highest BCUT2D eigenvalue weighted by atomic mass is 32.2. The van der Waals surface area contributed by atoms with Gasteiger partial charge in [0.15, 0.2) is 14.7 Å². The molecular weight excluding hydrogens is 380 g/mol. The van der Waals surface area contributed by atoms with Crippen LogP contribution in [0.1, 0.15) is 45.7 Å². The Morgan fingerprint density at radius 3 is 1.96 bits per heavy atom. The first kappa shape index (κ1) is 18.2. The predicted octanol–water partition coefficient (Wildman–Crippen LogP) is 7.17. The summed E-state index contributed by atoms with van der Waals surface area (Å²) in [6.45, 7) is 11.2. The molecule has 0 radical (unpaired) electrons. The lowest BCUT2D eigenvalue weighted by Gasteiger charge is -2.42. The molecule has 0 aromatic heterocycles. The van der Waals surface area contributed by atoms with Gasteiger partial charge >= 0.3 is 0 Å². The molecule has 0 unspecified atom stereocenters. The third-order valence-electron chi connectivity index (χ3n) is 5.47. The van der Waals surface area contributed by atoms with E-state index in [9.17, 15) is 0 Å². The van der Waals surface area contributed by atoms with E-state index in [1.54, 1.807) is 0 Å². The van der Waals surface area contributed by atoms with Crippen molar-refractivity contribution in [2.75, 3.05) is 0 Å². The van der Waals surface area contributed by atoms with Crippen LogP contribution in [0.4, 0.5) is 0 Å². The fourth-order valence-electron chi connectivity index (χ4n) is 4.00. The normalized spacial score (nSPS) is 17.0. The summed E-state index contributed by atoms with van der Waals surface area (Å²) in [6.07, 6.45) is 0. The van der Waals surface area contributed by atoms with E-state index in [1.807, 2.05) is 11.8 Å². The molecular formula is C25H25OS2+. The molecule has 0 saturated carbocycles. The van der Waals surface area contributed by atoms with Gasteiger partial charge in [-0.15, -0.1) is 0 Å². The van der Waals surface area contributed by atoms with E-state index in [4.69, 9.17) is 4.74 Å². The van der Waals surface area contributed by atoms with E-state index in [1.165, 1.54) is 35.6 Å². The summed E-state index contributed by atoms with van der Waals surface area (Å²) in [5, 5.41) is 0. The minimum absolute atomic E-state index is 0.0452. The van der Waals surface area contributed by atoms with Gasteiger partial charge in [0, 0.05) is 23.3 Å². The second kappa shape index (κ2) is 6.08. The van der Waals surface area contributed by atoms with E-state index < -0.39 is 0 Å². The minimum Gasteiger partial charge on any atom is -0.482 e. The molecule has 3 aromatic carbocycles. The molecule has 142 valence electrons. The summed E-state index contributed by atoms with van der Waals surface area (Å²) < 4.78 is 6.21. The lowest BCUT2D eigenvalue weighted by atomic mass is 9.80. The summed E-state index contributed by atoms with van der Waals surface area (Å²) in [4.78, 5) is 7.02. The average molecular weight is 406 g/mol. The fourth-order valence-corrected chi connectivity index (χ4v) is 7.80. The second-order valence-electron chi connectivity index (χ2n) is 9.01. The van der Waals surface area contributed by atoms with E-state index in [2.05, 4.69) is 95.3 Å². The van der Waals surface area contributed by atoms with Gasteiger partial charge in [-0.1, -0.05) is 56.8 Å². The molecule has 0 saturated heterocycles. The predicted molar refractivity (Wildman–Crippen MR) is 118 cm³/mol. The monoisotopic (exact) mass is 405 g/mol. The zero-order valence-electron chi connectivity index (χ0n) is 17.0. The van der Waals surface area contributed by atoms with E-state index >= 15 is 0 Å². The van der Waals surface area contributed by atoms with Crippen LogP contribution in [0.2, 0.25) is 0 Å². The van der Waals surface area contributed by atoms with Crippen molar-refractivity contribution in [3.63, 3.8) is 0 Å². The Labute approximate surface area is 174 Å². The highest BCUT2D eigenvalue weighted by Crippen LogP contribution is 2.53. The summed E-state index contributed by atoms with van der Waals surface area (Å²) >= 11 is 1.89. The van der Waals surface area contributed by atoms with Gasteiger partial charge in [0.05, 0.1) is 9.79 Å². The Morgan fingerprint density at radius 2 is 1.43 bits per heavy atom. The van der Waals surface area contributed by atoms with Crippen LogP contribution < -0.4 is 4.74 Å². The van der Waals surface area contributed by atoms with Crippen molar-refractivity contribution >= 4 is 22.7 Å². The van der Waals surface area contributed by atoms with Gasteiger partial charge in [0.1, 0.15) is 22.2 Å². The Hall–Kier alpha value is -1.84. The van der Waals surface area contributed by atoms with Crippen molar-refractivity contribution in [3.8, 4) is 5.75 Å². The summed E-state index contributed by atoms with van der Waals surface area (Å²) in [6, 6.07) is 22.6. The number of rotatable bonds is 1. The maximum absolute atomic E-state index is 6.21. The minimum atomic E-state index is -0.210. The molecule has 28 heavy (non-hydrogen) atoms. The Morgan fingerprint density at radius 1 is 0.857 bits per heavy atom. The third kappa shape index (κ3) is 2.71. The van der Waals surface area contributed by atoms with Gasteiger partial charge in [-0.05, 0) is 43.5 Å². The first-order valence-electron chi connectivity index (χ1n) is 9.74. The first-order chi connectivity index (χ1) is 13.3.